The van der Waals surface area contributed by atoms with Crippen LogP contribution in [0.2, 0.25) is 0 Å². The summed E-state index contributed by atoms with van der Waals surface area (Å²) in [5.41, 5.74) is 2.14. The number of para-hydroxylation sites is 2. The van der Waals surface area contributed by atoms with Crippen LogP contribution in [0, 0.1) is 0 Å². The minimum Gasteiger partial charge on any atom is -0.412 e. The Bertz CT molecular complexity index is 587. The molecule has 2 aromatic rings. The van der Waals surface area contributed by atoms with Gasteiger partial charge in [0.15, 0.2) is 0 Å². The Balaban J connectivity index is 0. The molecule has 2 aromatic carbocycles. The second-order valence-electron chi connectivity index (χ2n) is 4.69. The van der Waals surface area contributed by atoms with Crippen LogP contribution < -0.4 is 9.80 Å². The summed E-state index contributed by atoms with van der Waals surface area (Å²) in [6.07, 6.45) is 0. The third kappa shape index (κ3) is 9.26. The Kier molecular flexibility index (Phi) is 16.2. The molecule has 0 spiro atoms. The minimum absolute atomic E-state index is 0. The molecule has 2 rings (SSSR count). The van der Waals surface area contributed by atoms with Crippen LogP contribution >= 0.6 is 24.4 Å². The smallest absolute Gasteiger partial charge is 0.412 e. The number of hydrogen-bond donors (Lipinski definition) is 0. The zero-order chi connectivity index (χ0) is 17.9. The van der Waals surface area contributed by atoms with E-state index in [1.165, 1.54) is 0 Å². The van der Waals surface area contributed by atoms with Crippen LogP contribution in [0.5, 0.6) is 0 Å². The second kappa shape index (κ2) is 15.3. The van der Waals surface area contributed by atoms with Crippen molar-refractivity contribution < 1.29 is 25.0 Å². The maximum atomic E-state index is 4.94. The molecule has 136 valence electrons. The molecule has 0 radical (unpaired) electrons. The minimum atomic E-state index is 0. The van der Waals surface area contributed by atoms with Crippen molar-refractivity contribution in [2.75, 3.05) is 22.9 Å². The van der Waals surface area contributed by atoms with Gasteiger partial charge in [-0.25, -0.2) is 0 Å². The molecule has 0 aliphatic heterocycles. The van der Waals surface area contributed by atoms with Crippen LogP contribution in [-0.2, 0) is 44.7 Å². The Morgan fingerprint density at radius 1 is 0.731 bits per heavy atom. The predicted octanol–water partition coefficient (Wildman–Crippen LogP) is 3.86. The van der Waals surface area contributed by atoms with Crippen molar-refractivity contribution in [3.63, 3.8) is 0 Å². The monoisotopic (exact) mass is 474 g/mol. The summed E-state index contributed by atoms with van der Waals surface area (Å²) in [4.78, 5) is 3.84. The van der Waals surface area contributed by atoms with E-state index in [9.17, 15) is 0 Å². The normalized spacial score (nSPS) is 8.69. The van der Waals surface area contributed by atoms with Crippen LogP contribution in [0.25, 0.3) is 0 Å². The topological polar surface area (TPSA) is 38.0 Å². The van der Waals surface area contributed by atoms with Crippen LogP contribution in [0.3, 0.4) is 0 Å². The van der Waals surface area contributed by atoms with E-state index < -0.39 is 0 Å². The van der Waals surface area contributed by atoms with E-state index in [0.717, 1.165) is 24.5 Å². The molecule has 2 N–H and O–H groups in total. The number of anilines is 2. The van der Waals surface area contributed by atoms with Crippen molar-refractivity contribution in [3.05, 3.63) is 60.7 Å². The fourth-order valence-electron chi connectivity index (χ4n) is 2.05. The van der Waals surface area contributed by atoms with E-state index in [-0.39, 0.29) is 25.0 Å². The number of thiocarbonyl (C=S) groups is 2. The third-order valence-electron chi connectivity index (χ3n) is 3.21. The van der Waals surface area contributed by atoms with Crippen molar-refractivity contribution in [2.45, 2.75) is 13.8 Å². The molecule has 26 heavy (non-hydrogen) atoms. The Morgan fingerprint density at radius 3 is 1.19 bits per heavy atom. The maximum Gasteiger partial charge on any atom is 2.00 e. The van der Waals surface area contributed by atoms with E-state index in [0.29, 0.717) is 8.64 Å². The molecule has 0 aliphatic rings. The van der Waals surface area contributed by atoms with Gasteiger partial charge in [-0.1, -0.05) is 45.0 Å². The first kappa shape index (κ1) is 27.5. The van der Waals surface area contributed by atoms with Crippen molar-refractivity contribution in [2.24, 2.45) is 0 Å². The number of benzene rings is 2. The molecule has 3 nitrogen and oxygen atoms in total. The zero-order valence-electron chi connectivity index (χ0n) is 14.9. The molecule has 0 aliphatic carbocycles. The number of hydrogen-bond acceptors (Lipinski definition) is 4. The molecule has 8 heteroatoms. The Labute approximate surface area is 191 Å². The molecule has 0 amide bonds. The molecular formula is C18H22N2OS4Zn. The van der Waals surface area contributed by atoms with Gasteiger partial charge in [0.2, 0.25) is 0 Å². The number of nitrogens with zero attached hydrogens (tertiary/aromatic N) is 2. The molecular weight excluding hydrogens is 454 g/mol. The average Bonchev–Trinajstić information content (AvgIpc) is 2.58. The SMILES string of the molecule is CCN(C(=S)[S-])c1ccccc1.CCN(C(=S)[S-])c1ccccc1.O.[Zn+2]. The van der Waals surface area contributed by atoms with Crippen LogP contribution in [0.4, 0.5) is 11.4 Å². The zero-order valence-corrected chi connectivity index (χ0v) is 21.2. The largest absolute Gasteiger partial charge is 2.00 e. The van der Waals surface area contributed by atoms with Crippen molar-refractivity contribution in [1.82, 2.24) is 0 Å². The van der Waals surface area contributed by atoms with E-state index in [4.69, 9.17) is 49.7 Å². The van der Waals surface area contributed by atoms with Gasteiger partial charge in [-0.2, -0.15) is 0 Å². The summed E-state index contributed by atoms with van der Waals surface area (Å²) in [5, 5.41) is 0. The van der Waals surface area contributed by atoms with Gasteiger partial charge in [-0.15, -0.1) is 0 Å². The first-order chi connectivity index (χ1) is 11.5. The number of rotatable bonds is 4. The van der Waals surface area contributed by atoms with Gasteiger partial charge in [-0.3, -0.25) is 0 Å². The molecule has 0 saturated heterocycles. The van der Waals surface area contributed by atoms with E-state index in [1.54, 1.807) is 0 Å². The third-order valence-corrected chi connectivity index (χ3v) is 4.09. The predicted molar refractivity (Wildman–Crippen MR) is 122 cm³/mol. The van der Waals surface area contributed by atoms with Gasteiger partial charge in [0.1, 0.15) is 0 Å². The van der Waals surface area contributed by atoms with E-state index in [2.05, 4.69) is 0 Å². The molecule has 0 unspecified atom stereocenters. The first-order valence-corrected chi connectivity index (χ1v) is 9.21. The molecule has 0 fully saturated rings. The van der Waals surface area contributed by atoms with Crippen molar-refractivity contribution in [3.8, 4) is 0 Å². The van der Waals surface area contributed by atoms with Crippen LogP contribution in [0.15, 0.2) is 60.7 Å². The van der Waals surface area contributed by atoms with Gasteiger partial charge in [0.25, 0.3) is 0 Å². The van der Waals surface area contributed by atoms with Gasteiger partial charge in [0.05, 0.1) is 0 Å². The summed E-state index contributed by atoms with van der Waals surface area (Å²) in [6.45, 7) is 5.72. The maximum absolute atomic E-state index is 4.94. The van der Waals surface area contributed by atoms with Gasteiger partial charge >= 0.3 is 19.5 Å². The summed E-state index contributed by atoms with van der Waals surface area (Å²) in [5.74, 6) is 0. The van der Waals surface area contributed by atoms with Crippen molar-refractivity contribution >= 4 is 69.7 Å². The van der Waals surface area contributed by atoms with E-state index >= 15 is 0 Å². The van der Waals surface area contributed by atoms with Crippen LogP contribution in [-0.4, -0.2) is 27.2 Å². The van der Waals surface area contributed by atoms with Crippen molar-refractivity contribution in [1.29, 1.82) is 0 Å². The standard InChI is InChI=1S/2C9H11NS2.H2O.Zn/c2*1-2-10(9(11)12)8-6-4-3-5-7-8;;/h2*3-7H,2H2,1H3,(H,11,12);1H2;/q;;;+2/p-2. The quantitative estimate of drug-likeness (QED) is 0.380. The molecule has 0 aromatic heterocycles. The fourth-order valence-corrected chi connectivity index (χ4v) is 2.99. The summed E-state index contributed by atoms with van der Waals surface area (Å²) in [6, 6.07) is 19.9. The first-order valence-electron chi connectivity index (χ1n) is 7.58. The Hall–Kier alpha value is -0.757. The van der Waals surface area contributed by atoms with Crippen LogP contribution in [0.1, 0.15) is 13.8 Å². The molecule has 0 atom stereocenters. The summed E-state index contributed by atoms with van der Waals surface area (Å²) < 4.78 is 1.01. The Morgan fingerprint density at radius 2 is 1.00 bits per heavy atom. The molecule has 0 bridgehead atoms. The van der Waals surface area contributed by atoms with Gasteiger partial charge < -0.3 is 65.0 Å². The van der Waals surface area contributed by atoms with E-state index in [1.807, 2.05) is 84.3 Å². The fraction of sp³-hybridized carbons (Fsp3) is 0.222. The van der Waals surface area contributed by atoms with Gasteiger partial charge in [0, 0.05) is 24.5 Å². The summed E-state index contributed by atoms with van der Waals surface area (Å²) >= 11 is 19.8. The average molecular weight is 476 g/mol. The van der Waals surface area contributed by atoms with Gasteiger partial charge in [-0.05, 0) is 38.1 Å². The summed E-state index contributed by atoms with van der Waals surface area (Å²) in [7, 11) is 0. The molecule has 0 heterocycles. The second-order valence-corrected chi connectivity index (χ2v) is 6.76. The molecule has 0 saturated carbocycles.